The van der Waals surface area contributed by atoms with Gasteiger partial charge in [-0.3, -0.25) is 0 Å². The number of aliphatic hydroxyl groups excluding tert-OH is 1. The van der Waals surface area contributed by atoms with E-state index in [0.717, 1.165) is 0 Å². The van der Waals surface area contributed by atoms with Crippen molar-refractivity contribution in [1.29, 1.82) is 0 Å². The highest BCUT2D eigenvalue weighted by Gasteiger charge is 2.64. The van der Waals surface area contributed by atoms with Crippen LogP contribution in [0.25, 0.3) is 0 Å². The Hall–Kier alpha value is -0.0362. The molecule has 2 aliphatic heterocycles. The molecule has 3 rings (SSSR count). The second-order valence-electron chi connectivity index (χ2n) is 9.75. The Morgan fingerprint density at radius 3 is 1.96 bits per heavy atom. The molecule has 0 radical (unpaired) electrons. The molecule has 0 aromatic rings. The number of aliphatic hydroxyl groups is 1. The highest BCUT2D eigenvalue weighted by Crippen LogP contribution is 2.49. The first kappa shape index (κ1) is 22.6. The molecule has 3 aliphatic rings. The summed E-state index contributed by atoms with van der Waals surface area (Å²) in [5.41, 5.74) is 1.06. The van der Waals surface area contributed by atoms with Crippen molar-refractivity contribution in [2.75, 3.05) is 6.61 Å². The van der Waals surface area contributed by atoms with Crippen molar-refractivity contribution in [2.45, 2.75) is 102 Å². The summed E-state index contributed by atoms with van der Waals surface area (Å²) in [6, 6.07) is -0.246. The van der Waals surface area contributed by atoms with Crippen LogP contribution < -0.4 is 5.32 Å². The third kappa shape index (κ3) is 3.40. The van der Waals surface area contributed by atoms with Crippen LogP contribution >= 0.6 is 12.2 Å². The molecule has 1 aliphatic carbocycles. The van der Waals surface area contributed by atoms with Crippen LogP contribution in [0.4, 0.5) is 0 Å². The molecule has 1 saturated carbocycles. The van der Waals surface area contributed by atoms with Crippen LogP contribution in [0, 0.1) is 5.92 Å². The molecule has 0 amide bonds. The molecule has 6 nitrogen and oxygen atoms in total. The molecule has 5 atom stereocenters. The highest BCUT2D eigenvalue weighted by atomic mass is 32.1. The van der Waals surface area contributed by atoms with Crippen molar-refractivity contribution in [1.82, 2.24) is 5.32 Å². The van der Waals surface area contributed by atoms with Crippen molar-refractivity contribution >= 4 is 34.5 Å². The molecule has 0 aromatic heterocycles. The van der Waals surface area contributed by atoms with Gasteiger partial charge in [0.05, 0.1) is 12.1 Å². The standard InChI is InChI=1S/C19H37NO5SSi2/c1-10(2)27(11(3)4)22-9-14-17-15(20-19(26)23-17)16(21)18(14)24-28(25-27,12(5)6)13(7)8/h10-18,21H,9H2,1-8H3,(H,20,26)/t14-,15+,16+,17-,18+/m0/s1. The molecular formula is C19H37NO5SSi2. The molecule has 0 bridgehead atoms. The molecule has 162 valence electrons. The maximum atomic E-state index is 11.1. The maximum absolute atomic E-state index is 11.1. The quantitative estimate of drug-likeness (QED) is 0.504. The van der Waals surface area contributed by atoms with Crippen molar-refractivity contribution in [3.63, 3.8) is 0 Å². The number of rotatable bonds is 4. The van der Waals surface area contributed by atoms with E-state index in [1.54, 1.807) is 0 Å². The number of nitrogens with one attached hydrogen (secondary N) is 1. The number of fused-ring (bicyclic) bond motifs is 3. The third-order valence-electron chi connectivity index (χ3n) is 6.79. The van der Waals surface area contributed by atoms with Gasteiger partial charge >= 0.3 is 17.1 Å². The van der Waals surface area contributed by atoms with E-state index in [2.05, 4.69) is 60.7 Å². The maximum Gasteiger partial charge on any atom is 0.335 e. The summed E-state index contributed by atoms with van der Waals surface area (Å²) < 4.78 is 26.7. The first-order valence-corrected chi connectivity index (χ1v) is 15.0. The van der Waals surface area contributed by atoms with Gasteiger partial charge in [0, 0.05) is 12.5 Å². The minimum Gasteiger partial charge on any atom is -0.465 e. The van der Waals surface area contributed by atoms with Crippen molar-refractivity contribution in [3.8, 4) is 0 Å². The Morgan fingerprint density at radius 1 is 0.929 bits per heavy atom. The summed E-state index contributed by atoms with van der Waals surface area (Å²) in [7, 11) is -5.29. The molecular weight excluding hydrogens is 410 g/mol. The number of thiocarbonyl (C=S) groups is 1. The van der Waals surface area contributed by atoms with Crippen LogP contribution in [0.2, 0.25) is 22.2 Å². The lowest BCUT2D eigenvalue weighted by Crippen LogP contribution is -2.65. The van der Waals surface area contributed by atoms with Gasteiger partial charge in [-0.15, -0.1) is 0 Å². The van der Waals surface area contributed by atoms with E-state index in [-0.39, 0.29) is 35.3 Å². The predicted molar refractivity (Wildman–Crippen MR) is 118 cm³/mol. The third-order valence-corrected chi connectivity index (χ3v) is 17.3. The second-order valence-corrected chi connectivity index (χ2v) is 19.0. The minimum atomic E-state index is -2.71. The van der Waals surface area contributed by atoms with E-state index in [9.17, 15) is 5.11 Å². The zero-order valence-corrected chi connectivity index (χ0v) is 21.2. The summed E-state index contributed by atoms with van der Waals surface area (Å²) in [4.78, 5) is 0. The van der Waals surface area contributed by atoms with E-state index in [4.69, 9.17) is 29.9 Å². The Morgan fingerprint density at radius 2 is 1.46 bits per heavy atom. The highest BCUT2D eigenvalue weighted by molar-refractivity contribution is 7.80. The fraction of sp³-hybridized carbons (Fsp3) is 0.947. The minimum absolute atomic E-state index is 0.0643. The van der Waals surface area contributed by atoms with Crippen LogP contribution in [0.1, 0.15) is 55.4 Å². The van der Waals surface area contributed by atoms with Gasteiger partial charge < -0.3 is 28.1 Å². The van der Waals surface area contributed by atoms with E-state index < -0.39 is 23.2 Å². The summed E-state index contributed by atoms with van der Waals surface area (Å²) in [5.74, 6) is -0.0643. The number of hydrogen-bond donors (Lipinski definition) is 2. The lowest BCUT2D eigenvalue weighted by atomic mass is 10.1. The van der Waals surface area contributed by atoms with Gasteiger partial charge in [-0.2, -0.15) is 0 Å². The summed E-state index contributed by atoms with van der Waals surface area (Å²) in [6.07, 6.45) is -1.28. The molecule has 2 saturated heterocycles. The SMILES string of the molecule is CC(C)[Si]1(C(C)C)OC[C@@H]2[C@@H](O[Si](C(C)C)(C(C)C)O1)[C@H](O)[C@H]1NC(=S)O[C@@H]21. The summed E-state index contributed by atoms with van der Waals surface area (Å²) in [5, 5.41) is 14.6. The molecule has 2 heterocycles. The van der Waals surface area contributed by atoms with Crippen molar-refractivity contribution < 1.29 is 22.8 Å². The Kier molecular flexibility index (Phi) is 6.39. The van der Waals surface area contributed by atoms with Gasteiger partial charge in [0.15, 0.2) is 0 Å². The first-order valence-electron chi connectivity index (χ1n) is 10.6. The van der Waals surface area contributed by atoms with Gasteiger partial charge in [0.1, 0.15) is 12.2 Å². The van der Waals surface area contributed by atoms with Crippen LogP contribution in [-0.2, 0) is 17.7 Å². The molecule has 28 heavy (non-hydrogen) atoms. The van der Waals surface area contributed by atoms with Gasteiger partial charge in [0.25, 0.3) is 5.17 Å². The Bertz CT molecular complexity index is 587. The van der Waals surface area contributed by atoms with Crippen LogP contribution in [0.3, 0.4) is 0 Å². The van der Waals surface area contributed by atoms with E-state index in [1.165, 1.54) is 0 Å². The van der Waals surface area contributed by atoms with Gasteiger partial charge in [-0.05, 0) is 34.4 Å². The summed E-state index contributed by atoms with van der Waals surface area (Å²) >= 11 is 5.20. The number of ether oxygens (including phenoxy) is 1. The zero-order valence-electron chi connectivity index (χ0n) is 18.4. The molecule has 2 N–H and O–H groups in total. The Labute approximate surface area is 177 Å². The fourth-order valence-corrected chi connectivity index (χ4v) is 16.7. The largest absolute Gasteiger partial charge is 0.465 e. The topological polar surface area (TPSA) is 69.2 Å². The summed E-state index contributed by atoms with van der Waals surface area (Å²) in [6.45, 7) is 18.1. The van der Waals surface area contributed by atoms with Gasteiger partial charge in [0.2, 0.25) is 0 Å². The second kappa shape index (κ2) is 7.90. The average molecular weight is 448 g/mol. The smallest absolute Gasteiger partial charge is 0.335 e. The zero-order chi connectivity index (χ0) is 21.0. The van der Waals surface area contributed by atoms with E-state index >= 15 is 0 Å². The molecule has 9 heteroatoms. The van der Waals surface area contributed by atoms with Crippen molar-refractivity contribution in [3.05, 3.63) is 0 Å². The average Bonchev–Trinajstić information content (AvgIpc) is 3.04. The fourth-order valence-electron chi connectivity index (χ4n) is 5.23. The predicted octanol–water partition coefficient (Wildman–Crippen LogP) is 3.58. The van der Waals surface area contributed by atoms with E-state index in [0.29, 0.717) is 22.9 Å². The number of hydrogen-bond acceptors (Lipinski definition) is 6. The van der Waals surface area contributed by atoms with Crippen LogP contribution in [0.5, 0.6) is 0 Å². The monoisotopic (exact) mass is 447 g/mol. The van der Waals surface area contributed by atoms with Crippen LogP contribution in [0.15, 0.2) is 0 Å². The lowest BCUT2D eigenvalue weighted by Gasteiger charge is -2.51. The van der Waals surface area contributed by atoms with Gasteiger partial charge in [-0.25, -0.2) is 0 Å². The van der Waals surface area contributed by atoms with E-state index in [1.807, 2.05) is 0 Å². The lowest BCUT2D eigenvalue weighted by molar-refractivity contribution is -0.0308. The van der Waals surface area contributed by atoms with Gasteiger partial charge in [-0.1, -0.05) is 55.4 Å². The van der Waals surface area contributed by atoms with Crippen LogP contribution in [-0.4, -0.2) is 58.4 Å². The first-order chi connectivity index (χ1) is 13.0. The molecule has 3 fully saturated rings. The van der Waals surface area contributed by atoms with Crippen molar-refractivity contribution in [2.24, 2.45) is 5.92 Å². The molecule has 0 aromatic carbocycles. The molecule has 0 spiro atoms. The Balaban J connectivity index is 2.08. The molecule has 0 unspecified atom stereocenters. The normalized spacial score (nSPS) is 36.9.